The molecule has 1 atom stereocenters. The minimum absolute atomic E-state index is 0.00802. The summed E-state index contributed by atoms with van der Waals surface area (Å²) in [6.45, 7) is 0. The van der Waals surface area contributed by atoms with Crippen LogP contribution in [0.4, 0.5) is 8.78 Å². The summed E-state index contributed by atoms with van der Waals surface area (Å²) >= 11 is 0. The van der Waals surface area contributed by atoms with E-state index in [4.69, 9.17) is 5.73 Å². The molecule has 0 heterocycles. The molecule has 0 bridgehead atoms. The third-order valence-corrected chi connectivity index (χ3v) is 2.04. The average Bonchev–Trinajstić information content (AvgIpc) is 2.22. The van der Waals surface area contributed by atoms with Gasteiger partial charge in [-0.1, -0.05) is 6.07 Å². The predicted molar refractivity (Wildman–Crippen MR) is 55.1 cm³/mol. The van der Waals surface area contributed by atoms with E-state index in [1.165, 1.54) is 6.07 Å². The molecule has 0 saturated heterocycles. The molecule has 0 radical (unpaired) electrons. The van der Waals surface area contributed by atoms with Crippen molar-refractivity contribution in [3.63, 3.8) is 0 Å². The van der Waals surface area contributed by atoms with Gasteiger partial charge in [0.1, 0.15) is 0 Å². The third kappa shape index (κ3) is 3.25. The van der Waals surface area contributed by atoms with Gasteiger partial charge in [-0.3, -0.25) is 10.2 Å². The van der Waals surface area contributed by atoms with E-state index in [2.05, 4.69) is 10.9 Å². The maximum absolute atomic E-state index is 12.9. The summed E-state index contributed by atoms with van der Waals surface area (Å²) in [6, 6.07) is 2.67. The fourth-order valence-electron chi connectivity index (χ4n) is 1.25. The third-order valence-electron chi connectivity index (χ3n) is 2.04. The van der Waals surface area contributed by atoms with Crippen molar-refractivity contribution in [2.45, 2.75) is 12.5 Å². The van der Waals surface area contributed by atoms with Crippen molar-refractivity contribution < 1.29 is 13.6 Å². The Kier molecular flexibility index (Phi) is 4.33. The number of hydrogen-bond donors (Lipinski definition) is 3. The molecule has 1 rings (SSSR count). The van der Waals surface area contributed by atoms with Crippen molar-refractivity contribution in [2.75, 3.05) is 7.05 Å². The first-order valence-corrected chi connectivity index (χ1v) is 4.70. The molecule has 1 aromatic carbocycles. The first kappa shape index (κ1) is 12.5. The molecule has 0 spiro atoms. The lowest BCUT2D eigenvalue weighted by atomic mass is 10.0. The zero-order chi connectivity index (χ0) is 12.1. The van der Waals surface area contributed by atoms with Crippen LogP contribution in [-0.2, 0) is 4.79 Å². The van der Waals surface area contributed by atoms with Gasteiger partial charge in [0.15, 0.2) is 11.6 Å². The number of rotatable bonds is 4. The van der Waals surface area contributed by atoms with Gasteiger partial charge < -0.3 is 5.73 Å². The van der Waals surface area contributed by atoms with Crippen LogP contribution in [0.1, 0.15) is 18.0 Å². The van der Waals surface area contributed by atoms with Gasteiger partial charge in [-0.05, 0) is 17.7 Å². The molecule has 0 aliphatic rings. The summed E-state index contributed by atoms with van der Waals surface area (Å²) in [5.74, 6) is -2.22. The van der Waals surface area contributed by atoms with E-state index in [-0.39, 0.29) is 12.3 Å². The number of carbonyl (C=O) groups is 1. The van der Waals surface area contributed by atoms with Gasteiger partial charge in [0, 0.05) is 19.5 Å². The molecule has 0 aromatic heterocycles. The van der Waals surface area contributed by atoms with E-state index >= 15 is 0 Å². The van der Waals surface area contributed by atoms with E-state index in [1.807, 2.05) is 0 Å². The summed E-state index contributed by atoms with van der Waals surface area (Å²) in [5.41, 5.74) is 10.8. The van der Waals surface area contributed by atoms with Crippen LogP contribution in [0.2, 0.25) is 0 Å². The van der Waals surface area contributed by atoms with Crippen LogP contribution in [0.3, 0.4) is 0 Å². The lowest BCUT2D eigenvalue weighted by Gasteiger charge is -2.11. The molecule has 6 heteroatoms. The topological polar surface area (TPSA) is 67.1 Å². The van der Waals surface area contributed by atoms with E-state index < -0.39 is 17.7 Å². The molecule has 1 amide bonds. The highest BCUT2D eigenvalue weighted by Crippen LogP contribution is 2.16. The van der Waals surface area contributed by atoms with E-state index in [0.717, 1.165) is 12.1 Å². The molecule has 1 aromatic rings. The summed E-state index contributed by atoms with van der Waals surface area (Å²) in [6.07, 6.45) is -0.00802. The summed E-state index contributed by atoms with van der Waals surface area (Å²) < 4.78 is 25.5. The molecule has 88 valence electrons. The Hall–Kier alpha value is -1.53. The molecule has 4 nitrogen and oxygen atoms in total. The number of benzene rings is 1. The van der Waals surface area contributed by atoms with Crippen LogP contribution in [0, 0.1) is 11.6 Å². The second kappa shape index (κ2) is 5.53. The van der Waals surface area contributed by atoms with Gasteiger partial charge in [-0.2, -0.15) is 0 Å². The van der Waals surface area contributed by atoms with Gasteiger partial charge >= 0.3 is 0 Å². The SMILES string of the molecule is CNNC(=O)CC(N)c1ccc(F)c(F)c1. The van der Waals surface area contributed by atoms with Gasteiger partial charge in [-0.15, -0.1) is 0 Å². The molecule has 1 unspecified atom stereocenters. The number of nitrogens with one attached hydrogen (secondary N) is 2. The highest BCUT2D eigenvalue weighted by atomic mass is 19.2. The van der Waals surface area contributed by atoms with Crippen LogP contribution < -0.4 is 16.6 Å². The Bertz CT molecular complexity index is 384. The minimum Gasteiger partial charge on any atom is -0.324 e. The quantitative estimate of drug-likeness (QED) is 0.662. The fraction of sp³-hybridized carbons (Fsp3) is 0.300. The molecule has 16 heavy (non-hydrogen) atoms. The van der Waals surface area contributed by atoms with Crippen LogP contribution in [0.5, 0.6) is 0 Å². The first-order chi connectivity index (χ1) is 7.54. The smallest absolute Gasteiger partial charge is 0.235 e. The van der Waals surface area contributed by atoms with Crippen LogP contribution in [0.15, 0.2) is 18.2 Å². The van der Waals surface area contributed by atoms with Crippen molar-refractivity contribution in [1.29, 1.82) is 0 Å². The Balaban J connectivity index is 2.69. The van der Waals surface area contributed by atoms with Crippen molar-refractivity contribution in [1.82, 2.24) is 10.9 Å². The summed E-state index contributed by atoms with van der Waals surface area (Å²) in [5, 5.41) is 0. The Morgan fingerprint density at radius 3 is 2.69 bits per heavy atom. The largest absolute Gasteiger partial charge is 0.324 e. The minimum atomic E-state index is -0.970. The second-order valence-electron chi connectivity index (χ2n) is 3.28. The number of carbonyl (C=O) groups excluding carboxylic acids is 1. The highest BCUT2D eigenvalue weighted by molar-refractivity contribution is 5.76. The van der Waals surface area contributed by atoms with Crippen molar-refractivity contribution >= 4 is 5.91 Å². The van der Waals surface area contributed by atoms with Crippen LogP contribution in [-0.4, -0.2) is 13.0 Å². The molecule has 0 fully saturated rings. The predicted octanol–water partition coefficient (Wildman–Crippen LogP) is 0.605. The van der Waals surface area contributed by atoms with Crippen molar-refractivity contribution in [2.24, 2.45) is 5.73 Å². The van der Waals surface area contributed by atoms with Gasteiger partial charge in [0.05, 0.1) is 0 Å². The molecular formula is C10H13F2N3O. The lowest BCUT2D eigenvalue weighted by Crippen LogP contribution is -2.36. The maximum atomic E-state index is 12.9. The van der Waals surface area contributed by atoms with E-state index in [9.17, 15) is 13.6 Å². The van der Waals surface area contributed by atoms with Crippen molar-refractivity contribution in [3.05, 3.63) is 35.4 Å². The Morgan fingerprint density at radius 2 is 2.12 bits per heavy atom. The lowest BCUT2D eigenvalue weighted by molar-refractivity contribution is -0.122. The summed E-state index contributed by atoms with van der Waals surface area (Å²) in [4.78, 5) is 11.2. The zero-order valence-corrected chi connectivity index (χ0v) is 8.76. The number of hydrogen-bond acceptors (Lipinski definition) is 3. The number of halogens is 2. The Labute approximate surface area is 91.8 Å². The molecule has 0 aliphatic heterocycles. The van der Waals surface area contributed by atoms with Crippen LogP contribution >= 0.6 is 0 Å². The van der Waals surface area contributed by atoms with Gasteiger partial charge in [0.2, 0.25) is 5.91 Å². The molecule has 4 N–H and O–H groups in total. The monoisotopic (exact) mass is 229 g/mol. The van der Waals surface area contributed by atoms with E-state index in [1.54, 1.807) is 7.05 Å². The first-order valence-electron chi connectivity index (χ1n) is 4.70. The molecule has 0 aliphatic carbocycles. The van der Waals surface area contributed by atoms with Crippen molar-refractivity contribution in [3.8, 4) is 0 Å². The normalized spacial score (nSPS) is 12.2. The molecule has 0 saturated carbocycles. The van der Waals surface area contributed by atoms with Gasteiger partial charge in [0.25, 0.3) is 0 Å². The van der Waals surface area contributed by atoms with Gasteiger partial charge in [-0.25, -0.2) is 14.2 Å². The highest BCUT2D eigenvalue weighted by Gasteiger charge is 2.13. The second-order valence-corrected chi connectivity index (χ2v) is 3.28. The fourth-order valence-corrected chi connectivity index (χ4v) is 1.25. The summed E-state index contributed by atoms with van der Waals surface area (Å²) in [7, 11) is 1.54. The number of hydrazine groups is 1. The maximum Gasteiger partial charge on any atom is 0.235 e. The number of amides is 1. The molecular weight excluding hydrogens is 216 g/mol. The number of nitrogens with two attached hydrogens (primary N) is 1. The van der Waals surface area contributed by atoms with Crippen LogP contribution in [0.25, 0.3) is 0 Å². The standard InChI is InChI=1S/C10H13F2N3O/c1-14-15-10(16)5-9(13)6-2-3-7(11)8(12)4-6/h2-4,9,14H,5,13H2,1H3,(H,15,16). The average molecular weight is 229 g/mol. The Morgan fingerprint density at radius 1 is 1.44 bits per heavy atom. The zero-order valence-electron chi connectivity index (χ0n) is 8.76. The van der Waals surface area contributed by atoms with E-state index in [0.29, 0.717) is 5.56 Å².